The Labute approximate surface area is 146 Å². The quantitative estimate of drug-likeness (QED) is 0.795. The van der Waals surface area contributed by atoms with Gasteiger partial charge in [0.2, 0.25) is 0 Å². The summed E-state index contributed by atoms with van der Waals surface area (Å²) in [6, 6.07) is 2.41. The van der Waals surface area contributed by atoms with E-state index in [0.29, 0.717) is 6.04 Å². The van der Waals surface area contributed by atoms with Crippen LogP contribution in [0.4, 0.5) is 0 Å². The van der Waals surface area contributed by atoms with E-state index in [1.165, 1.54) is 6.42 Å². The van der Waals surface area contributed by atoms with Crippen LogP contribution in [-0.4, -0.2) is 32.8 Å². The second-order valence-electron chi connectivity index (χ2n) is 6.38. The van der Waals surface area contributed by atoms with Crippen LogP contribution in [0.3, 0.4) is 0 Å². The van der Waals surface area contributed by atoms with Gasteiger partial charge in [-0.15, -0.1) is 0 Å². The Balaban J connectivity index is 2.12. The highest BCUT2D eigenvalue weighted by atomic mass is 79.9. The smallest absolute Gasteiger partial charge is 0.273 e. The molecule has 1 aliphatic rings. The Hall–Kier alpha value is -1.36. The number of piperidine rings is 1. The molecule has 0 radical (unpaired) electrons. The molecule has 1 saturated heterocycles. The van der Waals surface area contributed by atoms with Crippen molar-refractivity contribution in [2.45, 2.75) is 58.9 Å². The molecule has 2 aromatic rings. The van der Waals surface area contributed by atoms with E-state index in [1.807, 2.05) is 23.6 Å². The van der Waals surface area contributed by atoms with Gasteiger partial charge in [0.25, 0.3) is 5.91 Å². The molecule has 1 unspecified atom stereocenters. The lowest BCUT2D eigenvalue weighted by Gasteiger charge is -2.35. The van der Waals surface area contributed by atoms with Crippen LogP contribution in [0.2, 0.25) is 0 Å². The summed E-state index contributed by atoms with van der Waals surface area (Å²) < 4.78 is 2.92. The minimum Gasteiger partial charge on any atom is -0.334 e. The van der Waals surface area contributed by atoms with Crippen molar-refractivity contribution in [2.75, 3.05) is 6.54 Å². The van der Waals surface area contributed by atoms with E-state index in [9.17, 15) is 4.79 Å². The topological polar surface area (TPSA) is 37.6 Å². The van der Waals surface area contributed by atoms with Crippen molar-refractivity contribution in [2.24, 2.45) is 0 Å². The fourth-order valence-electron chi connectivity index (χ4n) is 3.58. The summed E-state index contributed by atoms with van der Waals surface area (Å²) in [6.45, 7) is 7.14. The summed E-state index contributed by atoms with van der Waals surface area (Å²) in [5.74, 6) is 0.137. The number of likely N-dealkylation sites (tertiary alicyclic amines) is 1. The minimum atomic E-state index is 0.137. The number of nitrogens with zero attached hydrogens (tertiary/aromatic N) is 3. The van der Waals surface area contributed by atoms with Gasteiger partial charge >= 0.3 is 0 Å². The lowest BCUT2D eigenvalue weighted by molar-refractivity contribution is 0.0599. The van der Waals surface area contributed by atoms with Crippen LogP contribution in [0.15, 0.2) is 16.7 Å². The van der Waals surface area contributed by atoms with Crippen molar-refractivity contribution >= 4 is 27.5 Å². The highest BCUT2D eigenvalue weighted by Gasteiger charge is 2.30. The predicted octanol–water partition coefficient (Wildman–Crippen LogP) is 4.37. The van der Waals surface area contributed by atoms with E-state index in [0.717, 1.165) is 59.3 Å². The van der Waals surface area contributed by atoms with Crippen molar-refractivity contribution in [3.8, 4) is 0 Å². The lowest BCUT2D eigenvalue weighted by Crippen LogP contribution is -2.44. The van der Waals surface area contributed by atoms with E-state index in [4.69, 9.17) is 4.98 Å². The number of fused-ring (bicyclic) bond motifs is 1. The van der Waals surface area contributed by atoms with Crippen molar-refractivity contribution in [1.29, 1.82) is 0 Å². The van der Waals surface area contributed by atoms with Crippen molar-refractivity contribution < 1.29 is 4.79 Å². The Bertz CT molecular complexity index is 737. The van der Waals surface area contributed by atoms with Gasteiger partial charge in [-0.25, -0.2) is 4.98 Å². The molecule has 1 aliphatic heterocycles. The Kier molecular flexibility index (Phi) is 4.76. The lowest BCUT2D eigenvalue weighted by atomic mass is 9.99. The maximum Gasteiger partial charge on any atom is 0.273 e. The number of pyridine rings is 1. The van der Waals surface area contributed by atoms with Gasteiger partial charge < -0.3 is 4.90 Å². The fraction of sp³-hybridized carbons (Fsp3) is 0.556. The molecule has 5 heteroatoms. The average Bonchev–Trinajstić information content (AvgIpc) is 2.92. The maximum absolute atomic E-state index is 13.3. The molecule has 1 amide bonds. The van der Waals surface area contributed by atoms with Gasteiger partial charge in [0, 0.05) is 18.8 Å². The zero-order valence-corrected chi connectivity index (χ0v) is 15.7. The van der Waals surface area contributed by atoms with Gasteiger partial charge in [-0.2, -0.15) is 0 Å². The van der Waals surface area contributed by atoms with Gasteiger partial charge in [0.1, 0.15) is 5.69 Å². The second kappa shape index (κ2) is 6.63. The highest BCUT2D eigenvalue weighted by Crippen LogP contribution is 2.27. The van der Waals surface area contributed by atoms with Gasteiger partial charge in [-0.1, -0.05) is 13.8 Å². The van der Waals surface area contributed by atoms with E-state index in [-0.39, 0.29) is 5.91 Å². The third kappa shape index (κ3) is 2.91. The molecular weight excluding hydrogens is 354 g/mol. The number of aryl methyl sites for hydroxylation is 2. The number of hydrogen-bond donors (Lipinski definition) is 0. The first-order chi connectivity index (χ1) is 11.1. The molecule has 3 heterocycles. The summed E-state index contributed by atoms with van der Waals surface area (Å²) in [4.78, 5) is 20.1. The number of halogens is 1. The maximum atomic E-state index is 13.3. The monoisotopic (exact) mass is 377 g/mol. The number of amides is 1. The van der Waals surface area contributed by atoms with Crippen molar-refractivity contribution in [1.82, 2.24) is 14.3 Å². The molecule has 2 aromatic heterocycles. The number of aromatic nitrogens is 2. The SMILES string of the molecule is CCc1nc2c(Br)cc(C)cn2c1C(=O)N1CCCCC1CC. The van der Waals surface area contributed by atoms with Crippen LogP contribution in [0, 0.1) is 6.92 Å². The molecule has 1 atom stereocenters. The average molecular weight is 378 g/mol. The van der Waals surface area contributed by atoms with Crippen LogP contribution >= 0.6 is 15.9 Å². The van der Waals surface area contributed by atoms with Crippen LogP contribution in [-0.2, 0) is 6.42 Å². The van der Waals surface area contributed by atoms with Crippen LogP contribution in [0.5, 0.6) is 0 Å². The van der Waals surface area contributed by atoms with Crippen molar-refractivity contribution in [3.63, 3.8) is 0 Å². The Morgan fingerprint density at radius 3 is 2.87 bits per heavy atom. The predicted molar refractivity (Wildman–Crippen MR) is 96.0 cm³/mol. The summed E-state index contributed by atoms with van der Waals surface area (Å²) >= 11 is 3.59. The third-order valence-electron chi connectivity index (χ3n) is 4.78. The molecule has 0 N–H and O–H groups in total. The Morgan fingerprint density at radius 2 is 2.17 bits per heavy atom. The molecule has 0 spiro atoms. The van der Waals surface area contributed by atoms with Crippen LogP contribution < -0.4 is 0 Å². The Morgan fingerprint density at radius 1 is 1.39 bits per heavy atom. The number of imidazole rings is 1. The third-order valence-corrected chi connectivity index (χ3v) is 5.36. The molecule has 23 heavy (non-hydrogen) atoms. The number of carbonyl (C=O) groups is 1. The molecule has 0 aromatic carbocycles. The first-order valence-electron chi connectivity index (χ1n) is 8.54. The molecule has 0 aliphatic carbocycles. The van der Waals surface area contributed by atoms with E-state index in [1.54, 1.807) is 0 Å². The highest BCUT2D eigenvalue weighted by molar-refractivity contribution is 9.10. The normalized spacial score (nSPS) is 18.6. The van der Waals surface area contributed by atoms with E-state index in [2.05, 4.69) is 34.7 Å². The van der Waals surface area contributed by atoms with Gasteiger partial charge in [-0.05, 0) is 66.6 Å². The molecule has 124 valence electrons. The standard InChI is InChI=1S/C18H24BrN3O/c1-4-13-8-6-7-9-21(13)18(23)16-15(5-2)20-17-14(19)10-12(3)11-22(16)17/h10-11,13H,4-9H2,1-3H3. The summed E-state index contributed by atoms with van der Waals surface area (Å²) in [7, 11) is 0. The van der Waals surface area contributed by atoms with Crippen LogP contribution in [0.25, 0.3) is 5.65 Å². The summed E-state index contributed by atoms with van der Waals surface area (Å²) in [5, 5.41) is 0. The molecule has 1 fully saturated rings. The zero-order chi connectivity index (χ0) is 16.6. The van der Waals surface area contributed by atoms with Gasteiger partial charge in [0.05, 0.1) is 10.2 Å². The number of carbonyl (C=O) groups excluding carboxylic acids is 1. The molecule has 3 rings (SSSR count). The van der Waals surface area contributed by atoms with Crippen LogP contribution in [0.1, 0.15) is 61.3 Å². The fourth-order valence-corrected chi connectivity index (χ4v) is 4.22. The number of rotatable bonds is 3. The summed E-state index contributed by atoms with van der Waals surface area (Å²) in [6.07, 6.45) is 7.24. The van der Waals surface area contributed by atoms with Gasteiger partial charge in [0.15, 0.2) is 5.65 Å². The zero-order valence-electron chi connectivity index (χ0n) is 14.1. The molecular formula is C18H24BrN3O. The first-order valence-corrected chi connectivity index (χ1v) is 9.34. The summed E-state index contributed by atoms with van der Waals surface area (Å²) in [5.41, 5.74) is 3.58. The van der Waals surface area contributed by atoms with Crippen molar-refractivity contribution in [3.05, 3.63) is 33.7 Å². The first kappa shape index (κ1) is 16.5. The molecule has 0 bridgehead atoms. The second-order valence-corrected chi connectivity index (χ2v) is 7.23. The van der Waals surface area contributed by atoms with Gasteiger partial charge in [-0.3, -0.25) is 9.20 Å². The molecule has 0 saturated carbocycles. The molecule has 4 nitrogen and oxygen atoms in total. The van der Waals surface area contributed by atoms with E-state index < -0.39 is 0 Å². The number of hydrogen-bond acceptors (Lipinski definition) is 2. The minimum absolute atomic E-state index is 0.137. The largest absolute Gasteiger partial charge is 0.334 e. The van der Waals surface area contributed by atoms with E-state index >= 15 is 0 Å².